The largest absolute Gasteiger partial charge is 0.401 e. The Kier molecular flexibility index (Phi) is 3.45. The Balaban J connectivity index is 2.40. The maximum absolute atomic E-state index is 9.04. The highest BCUT2D eigenvalue weighted by atomic mass is 32.1. The van der Waals surface area contributed by atoms with Crippen molar-refractivity contribution in [2.45, 2.75) is 13.8 Å². The molecule has 18 heavy (non-hydrogen) atoms. The fourth-order valence-electron chi connectivity index (χ4n) is 1.56. The van der Waals surface area contributed by atoms with E-state index in [1.54, 1.807) is 6.92 Å². The summed E-state index contributed by atoms with van der Waals surface area (Å²) in [6.45, 7) is 3.76. The summed E-state index contributed by atoms with van der Waals surface area (Å²) >= 11 is 1.52. The predicted molar refractivity (Wildman–Crippen MR) is 74.7 cm³/mol. The number of benzene rings is 1. The number of rotatable bonds is 2. The van der Waals surface area contributed by atoms with Gasteiger partial charge in [-0.3, -0.25) is 0 Å². The smallest absolute Gasteiger partial charge is 0.124 e. The van der Waals surface area contributed by atoms with Crippen molar-refractivity contribution in [2.75, 3.05) is 0 Å². The number of nitrogens with zero attached hydrogens (tertiary/aromatic N) is 2. The second kappa shape index (κ2) is 5.03. The number of aryl methyl sites for hydroxylation is 1. The maximum Gasteiger partial charge on any atom is 0.124 e. The summed E-state index contributed by atoms with van der Waals surface area (Å²) in [5, 5.41) is 11.8. The summed E-state index contributed by atoms with van der Waals surface area (Å²) in [6.07, 6.45) is 0. The lowest BCUT2D eigenvalue weighted by Crippen LogP contribution is -1.96. The molecule has 0 atom stereocenters. The SMILES string of the molecule is C/C(N)=C(/C#N)c1csc(-c2ccc(C)cc2)n1. The average Bonchev–Trinajstić information content (AvgIpc) is 2.80. The van der Waals surface area contributed by atoms with E-state index in [2.05, 4.69) is 11.1 Å². The molecule has 0 saturated carbocycles. The molecule has 0 bridgehead atoms. The van der Waals surface area contributed by atoms with E-state index in [0.29, 0.717) is 17.0 Å². The highest BCUT2D eigenvalue weighted by Crippen LogP contribution is 2.27. The standard InChI is InChI=1S/C14H13N3S/c1-9-3-5-11(6-4-9)14-17-13(8-18-14)12(7-15)10(2)16/h3-6,8H,16H2,1-2H3/b12-10+. The molecule has 0 amide bonds. The van der Waals surface area contributed by atoms with Crippen LogP contribution in [0, 0.1) is 18.3 Å². The van der Waals surface area contributed by atoms with Crippen LogP contribution in [0.3, 0.4) is 0 Å². The van der Waals surface area contributed by atoms with Crippen molar-refractivity contribution in [3.63, 3.8) is 0 Å². The topological polar surface area (TPSA) is 62.7 Å². The van der Waals surface area contributed by atoms with Crippen LogP contribution in [0.25, 0.3) is 16.1 Å². The Morgan fingerprint density at radius 2 is 2.00 bits per heavy atom. The van der Waals surface area contributed by atoms with E-state index in [0.717, 1.165) is 10.6 Å². The van der Waals surface area contributed by atoms with Gasteiger partial charge in [0.25, 0.3) is 0 Å². The lowest BCUT2D eigenvalue weighted by atomic mass is 10.1. The van der Waals surface area contributed by atoms with Crippen LogP contribution < -0.4 is 5.73 Å². The Morgan fingerprint density at radius 3 is 2.56 bits per heavy atom. The molecular formula is C14H13N3S. The van der Waals surface area contributed by atoms with Gasteiger partial charge in [-0.15, -0.1) is 11.3 Å². The van der Waals surface area contributed by atoms with E-state index >= 15 is 0 Å². The van der Waals surface area contributed by atoms with Crippen molar-refractivity contribution in [3.8, 4) is 16.6 Å². The van der Waals surface area contributed by atoms with Crippen molar-refractivity contribution in [2.24, 2.45) is 5.73 Å². The Labute approximate surface area is 110 Å². The second-order valence-corrected chi connectivity index (χ2v) is 4.93. The number of hydrogen-bond acceptors (Lipinski definition) is 4. The zero-order valence-electron chi connectivity index (χ0n) is 10.3. The van der Waals surface area contributed by atoms with Gasteiger partial charge in [0, 0.05) is 16.6 Å². The van der Waals surface area contributed by atoms with Crippen molar-refractivity contribution in [3.05, 3.63) is 46.6 Å². The molecule has 2 N–H and O–H groups in total. The molecule has 1 aromatic carbocycles. The molecule has 0 radical (unpaired) electrons. The van der Waals surface area contributed by atoms with Crippen LogP contribution in [0.2, 0.25) is 0 Å². The monoisotopic (exact) mass is 255 g/mol. The normalized spacial score (nSPS) is 11.8. The van der Waals surface area contributed by atoms with Crippen LogP contribution >= 0.6 is 11.3 Å². The molecule has 0 aliphatic heterocycles. The summed E-state index contributed by atoms with van der Waals surface area (Å²) < 4.78 is 0. The summed E-state index contributed by atoms with van der Waals surface area (Å²) in [7, 11) is 0. The zero-order valence-corrected chi connectivity index (χ0v) is 11.1. The van der Waals surface area contributed by atoms with Crippen LogP contribution in [0.15, 0.2) is 35.3 Å². The van der Waals surface area contributed by atoms with E-state index in [1.807, 2.05) is 36.6 Å². The Hall–Kier alpha value is -2.12. The Morgan fingerprint density at radius 1 is 1.33 bits per heavy atom. The van der Waals surface area contributed by atoms with Crippen LogP contribution in [0.4, 0.5) is 0 Å². The number of thiazole rings is 1. The molecule has 0 unspecified atom stereocenters. The molecule has 0 aliphatic rings. The minimum Gasteiger partial charge on any atom is -0.401 e. The highest BCUT2D eigenvalue weighted by molar-refractivity contribution is 7.13. The summed E-state index contributed by atoms with van der Waals surface area (Å²) in [6, 6.07) is 10.2. The summed E-state index contributed by atoms with van der Waals surface area (Å²) in [5.74, 6) is 0. The van der Waals surface area contributed by atoms with Gasteiger partial charge in [-0.05, 0) is 13.8 Å². The first kappa shape index (κ1) is 12.3. The number of aromatic nitrogens is 1. The van der Waals surface area contributed by atoms with E-state index < -0.39 is 0 Å². The van der Waals surface area contributed by atoms with Crippen molar-refractivity contribution in [1.82, 2.24) is 4.98 Å². The lowest BCUT2D eigenvalue weighted by molar-refractivity contribution is 1.28. The third kappa shape index (κ3) is 2.41. The van der Waals surface area contributed by atoms with Gasteiger partial charge in [0.15, 0.2) is 0 Å². The van der Waals surface area contributed by atoms with E-state index in [9.17, 15) is 0 Å². The van der Waals surface area contributed by atoms with Gasteiger partial charge in [0.2, 0.25) is 0 Å². The van der Waals surface area contributed by atoms with Gasteiger partial charge < -0.3 is 5.73 Å². The first-order valence-electron chi connectivity index (χ1n) is 5.51. The van der Waals surface area contributed by atoms with Gasteiger partial charge in [-0.2, -0.15) is 5.26 Å². The van der Waals surface area contributed by atoms with Crippen molar-refractivity contribution >= 4 is 16.9 Å². The van der Waals surface area contributed by atoms with E-state index in [4.69, 9.17) is 11.0 Å². The zero-order chi connectivity index (χ0) is 13.1. The molecule has 0 aliphatic carbocycles. The van der Waals surface area contributed by atoms with E-state index in [1.165, 1.54) is 16.9 Å². The number of hydrogen-bond donors (Lipinski definition) is 1. The minimum atomic E-state index is 0.449. The third-order valence-electron chi connectivity index (χ3n) is 2.56. The van der Waals surface area contributed by atoms with Gasteiger partial charge >= 0.3 is 0 Å². The van der Waals surface area contributed by atoms with Gasteiger partial charge in [-0.1, -0.05) is 29.8 Å². The molecule has 0 saturated heterocycles. The fraction of sp³-hybridized carbons (Fsp3) is 0.143. The molecule has 1 heterocycles. The highest BCUT2D eigenvalue weighted by Gasteiger charge is 2.10. The predicted octanol–water partition coefficient (Wildman–Crippen LogP) is 3.33. The Bertz CT molecular complexity index is 626. The van der Waals surface area contributed by atoms with Crippen LogP contribution in [0.5, 0.6) is 0 Å². The number of nitrogens with two attached hydrogens (primary N) is 1. The van der Waals surface area contributed by atoms with Crippen LogP contribution in [0.1, 0.15) is 18.2 Å². The first-order chi connectivity index (χ1) is 8.61. The fourth-order valence-corrected chi connectivity index (χ4v) is 2.38. The van der Waals surface area contributed by atoms with Gasteiger partial charge in [-0.25, -0.2) is 4.98 Å². The third-order valence-corrected chi connectivity index (χ3v) is 3.46. The van der Waals surface area contributed by atoms with Crippen LogP contribution in [-0.4, -0.2) is 4.98 Å². The molecule has 1 aromatic heterocycles. The van der Waals surface area contributed by atoms with Crippen molar-refractivity contribution < 1.29 is 0 Å². The van der Waals surface area contributed by atoms with Gasteiger partial charge in [0.1, 0.15) is 11.1 Å². The quantitative estimate of drug-likeness (QED) is 0.837. The molecular weight excluding hydrogens is 242 g/mol. The molecule has 3 nitrogen and oxygen atoms in total. The molecule has 0 fully saturated rings. The summed E-state index contributed by atoms with van der Waals surface area (Å²) in [5.41, 5.74) is 9.54. The second-order valence-electron chi connectivity index (χ2n) is 4.07. The van der Waals surface area contributed by atoms with Crippen molar-refractivity contribution in [1.29, 1.82) is 5.26 Å². The number of nitriles is 1. The minimum absolute atomic E-state index is 0.449. The average molecular weight is 255 g/mol. The molecule has 4 heteroatoms. The van der Waals surface area contributed by atoms with Crippen LogP contribution in [-0.2, 0) is 0 Å². The first-order valence-corrected chi connectivity index (χ1v) is 6.39. The maximum atomic E-state index is 9.04. The molecule has 2 aromatic rings. The molecule has 0 spiro atoms. The summed E-state index contributed by atoms with van der Waals surface area (Å²) in [4.78, 5) is 4.46. The number of allylic oxidation sites excluding steroid dienone is 2. The lowest BCUT2D eigenvalue weighted by Gasteiger charge is -1.97. The molecule has 90 valence electrons. The van der Waals surface area contributed by atoms with E-state index in [-0.39, 0.29) is 0 Å². The molecule has 2 rings (SSSR count). The van der Waals surface area contributed by atoms with Gasteiger partial charge in [0.05, 0.1) is 11.3 Å².